The summed E-state index contributed by atoms with van der Waals surface area (Å²) in [5.74, 6) is 0.286. The number of halogens is 1. The van der Waals surface area contributed by atoms with Gasteiger partial charge in [-0.05, 0) is 28.4 Å². The summed E-state index contributed by atoms with van der Waals surface area (Å²) in [7, 11) is 0. The summed E-state index contributed by atoms with van der Waals surface area (Å²) in [6.45, 7) is 2.73. The van der Waals surface area contributed by atoms with Crippen LogP contribution in [-0.2, 0) is 6.54 Å². The Balaban J connectivity index is 2.21. The first-order valence-corrected chi connectivity index (χ1v) is 5.36. The summed E-state index contributed by atoms with van der Waals surface area (Å²) in [4.78, 5) is 3.97. The third-order valence-electron chi connectivity index (χ3n) is 2.10. The van der Waals surface area contributed by atoms with Crippen molar-refractivity contribution < 1.29 is 0 Å². The fourth-order valence-corrected chi connectivity index (χ4v) is 1.69. The summed E-state index contributed by atoms with van der Waals surface area (Å²) in [5, 5.41) is 4.06. The molecule has 0 saturated heterocycles. The van der Waals surface area contributed by atoms with E-state index in [1.54, 1.807) is 4.68 Å². The van der Waals surface area contributed by atoms with E-state index in [9.17, 15) is 0 Å². The molecule has 0 fully saturated rings. The monoisotopic (exact) mass is 266 g/mol. The van der Waals surface area contributed by atoms with Gasteiger partial charge in [0, 0.05) is 0 Å². The van der Waals surface area contributed by atoms with Gasteiger partial charge in [0.15, 0.2) is 4.73 Å². The highest BCUT2D eigenvalue weighted by Crippen LogP contribution is 2.11. The van der Waals surface area contributed by atoms with Gasteiger partial charge in [-0.15, -0.1) is 5.10 Å². The van der Waals surface area contributed by atoms with Crippen LogP contribution in [0.15, 0.2) is 29.0 Å². The molecule has 5 heteroatoms. The van der Waals surface area contributed by atoms with Crippen LogP contribution < -0.4 is 5.73 Å². The normalized spacial score (nSPS) is 10.5. The molecule has 1 aromatic carbocycles. The SMILES string of the molecule is Cc1ccc(Cn2nc(N)nc2Br)cc1. The van der Waals surface area contributed by atoms with Crippen LogP contribution in [0.3, 0.4) is 0 Å². The van der Waals surface area contributed by atoms with E-state index in [-0.39, 0.29) is 5.95 Å². The molecule has 78 valence electrons. The Morgan fingerprint density at radius 3 is 2.53 bits per heavy atom. The fraction of sp³-hybridized carbons (Fsp3) is 0.200. The van der Waals surface area contributed by atoms with Crippen molar-refractivity contribution in [2.75, 3.05) is 5.73 Å². The van der Waals surface area contributed by atoms with Crippen LogP contribution in [0.4, 0.5) is 5.95 Å². The van der Waals surface area contributed by atoms with Crippen LogP contribution in [0.2, 0.25) is 0 Å². The number of nitrogens with zero attached hydrogens (tertiary/aromatic N) is 3. The Morgan fingerprint density at radius 2 is 2.00 bits per heavy atom. The van der Waals surface area contributed by atoms with Gasteiger partial charge in [-0.25, -0.2) is 4.68 Å². The van der Waals surface area contributed by atoms with E-state index < -0.39 is 0 Å². The number of hydrogen-bond donors (Lipinski definition) is 1. The van der Waals surface area contributed by atoms with Gasteiger partial charge < -0.3 is 5.73 Å². The van der Waals surface area contributed by atoms with E-state index in [4.69, 9.17) is 5.73 Å². The number of nitrogens with two attached hydrogens (primary N) is 1. The smallest absolute Gasteiger partial charge is 0.240 e. The van der Waals surface area contributed by atoms with Crippen molar-refractivity contribution >= 4 is 21.9 Å². The van der Waals surface area contributed by atoms with Crippen molar-refractivity contribution in [1.82, 2.24) is 14.8 Å². The van der Waals surface area contributed by atoms with Gasteiger partial charge in [0.25, 0.3) is 0 Å². The molecule has 2 rings (SSSR count). The molecule has 0 aliphatic heterocycles. The first-order valence-electron chi connectivity index (χ1n) is 4.56. The van der Waals surface area contributed by atoms with E-state index in [2.05, 4.69) is 57.2 Å². The highest BCUT2D eigenvalue weighted by molar-refractivity contribution is 9.10. The van der Waals surface area contributed by atoms with Gasteiger partial charge in [0.2, 0.25) is 5.95 Å². The van der Waals surface area contributed by atoms with Crippen molar-refractivity contribution in [3.05, 3.63) is 40.1 Å². The van der Waals surface area contributed by atoms with Gasteiger partial charge in [-0.1, -0.05) is 29.8 Å². The average molecular weight is 267 g/mol. The third kappa shape index (κ3) is 2.36. The highest BCUT2D eigenvalue weighted by Gasteiger charge is 2.04. The van der Waals surface area contributed by atoms with Crippen molar-refractivity contribution in [3.8, 4) is 0 Å². The van der Waals surface area contributed by atoms with E-state index >= 15 is 0 Å². The van der Waals surface area contributed by atoms with Crippen LogP contribution in [0.1, 0.15) is 11.1 Å². The minimum absolute atomic E-state index is 0.286. The molecule has 0 unspecified atom stereocenters. The Hall–Kier alpha value is -1.36. The molecule has 0 bridgehead atoms. The number of aromatic nitrogens is 3. The Morgan fingerprint density at radius 1 is 1.33 bits per heavy atom. The summed E-state index contributed by atoms with van der Waals surface area (Å²) in [5.41, 5.74) is 7.90. The standard InChI is InChI=1S/C10H11BrN4/c1-7-2-4-8(5-3-7)6-15-9(11)13-10(12)14-15/h2-5H,6H2,1H3,(H2,12,14). The second-order valence-corrected chi connectivity index (χ2v) is 4.09. The Labute approximate surface area is 96.3 Å². The summed E-state index contributed by atoms with van der Waals surface area (Å²) >= 11 is 3.30. The van der Waals surface area contributed by atoms with Crippen molar-refractivity contribution in [2.24, 2.45) is 0 Å². The van der Waals surface area contributed by atoms with Crippen LogP contribution in [0, 0.1) is 6.92 Å². The van der Waals surface area contributed by atoms with E-state index in [0.29, 0.717) is 11.3 Å². The first-order chi connectivity index (χ1) is 7.15. The highest BCUT2D eigenvalue weighted by atomic mass is 79.9. The van der Waals surface area contributed by atoms with E-state index in [1.807, 2.05) is 0 Å². The molecule has 0 aliphatic rings. The number of aryl methyl sites for hydroxylation is 1. The Bertz CT molecular complexity index is 461. The zero-order valence-electron chi connectivity index (χ0n) is 8.31. The molecule has 1 heterocycles. The Kier molecular flexibility index (Phi) is 2.73. The van der Waals surface area contributed by atoms with Gasteiger partial charge in [-0.3, -0.25) is 0 Å². The van der Waals surface area contributed by atoms with Gasteiger partial charge in [0.1, 0.15) is 0 Å². The van der Waals surface area contributed by atoms with Gasteiger partial charge in [0.05, 0.1) is 6.54 Å². The van der Waals surface area contributed by atoms with E-state index in [0.717, 1.165) is 0 Å². The predicted octanol–water partition coefficient (Wildman–Crippen LogP) is 1.98. The lowest BCUT2D eigenvalue weighted by molar-refractivity contribution is 0.670. The number of hydrogen-bond acceptors (Lipinski definition) is 3. The minimum Gasteiger partial charge on any atom is -0.366 e. The molecule has 0 spiro atoms. The maximum absolute atomic E-state index is 5.48. The molecule has 4 nitrogen and oxygen atoms in total. The summed E-state index contributed by atoms with van der Waals surface area (Å²) in [6, 6.07) is 8.28. The molecule has 0 aliphatic carbocycles. The summed E-state index contributed by atoms with van der Waals surface area (Å²) in [6.07, 6.45) is 0. The zero-order valence-corrected chi connectivity index (χ0v) is 9.90. The summed E-state index contributed by atoms with van der Waals surface area (Å²) < 4.78 is 2.38. The minimum atomic E-state index is 0.286. The molecule has 0 saturated carbocycles. The molecule has 0 amide bonds. The quantitative estimate of drug-likeness (QED) is 0.905. The lowest BCUT2D eigenvalue weighted by Gasteiger charge is -2.02. The molecule has 15 heavy (non-hydrogen) atoms. The predicted molar refractivity (Wildman–Crippen MR) is 62.4 cm³/mol. The van der Waals surface area contributed by atoms with Crippen LogP contribution in [0.25, 0.3) is 0 Å². The maximum Gasteiger partial charge on any atom is 0.240 e. The number of nitrogen functional groups attached to an aromatic ring is 1. The molecule has 0 atom stereocenters. The maximum atomic E-state index is 5.48. The average Bonchev–Trinajstić information content (AvgIpc) is 2.49. The first kappa shape index (κ1) is 10.2. The lowest BCUT2D eigenvalue weighted by Crippen LogP contribution is -2.02. The number of anilines is 1. The second kappa shape index (κ2) is 4.02. The topological polar surface area (TPSA) is 56.7 Å². The fourth-order valence-electron chi connectivity index (χ4n) is 1.31. The van der Waals surface area contributed by atoms with Crippen molar-refractivity contribution in [3.63, 3.8) is 0 Å². The third-order valence-corrected chi connectivity index (χ3v) is 2.68. The van der Waals surface area contributed by atoms with Crippen LogP contribution >= 0.6 is 15.9 Å². The zero-order chi connectivity index (χ0) is 10.8. The lowest BCUT2D eigenvalue weighted by atomic mass is 10.1. The van der Waals surface area contributed by atoms with Crippen molar-refractivity contribution in [2.45, 2.75) is 13.5 Å². The molecule has 0 radical (unpaired) electrons. The van der Waals surface area contributed by atoms with Gasteiger partial charge in [-0.2, -0.15) is 4.98 Å². The van der Waals surface area contributed by atoms with Crippen LogP contribution in [0.5, 0.6) is 0 Å². The largest absolute Gasteiger partial charge is 0.366 e. The molecule has 2 N–H and O–H groups in total. The molecular weight excluding hydrogens is 256 g/mol. The molecule has 1 aromatic heterocycles. The van der Waals surface area contributed by atoms with Gasteiger partial charge >= 0.3 is 0 Å². The van der Waals surface area contributed by atoms with Crippen molar-refractivity contribution in [1.29, 1.82) is 0 Å². The molecule has 2 aromatic rings. The number of rotatable bonds is 2. The number of benzene rings is 1. The van der Waals surface area contributed by atoms with E-state index in [1.165, 1.54) is 11.1 Å². The van der Waals surface area contributed by atoms with Crippen LogP contribution in [-0.4, -0.2) is 14.8 Å². The molecular formula is C10H11BrN4. The second-order valence-electron chi connectivity index (χ2n) is 3.38.